The van der Waals surface area contributed by atoms with Gasteiger partial charge in [0.1, 0.15) is 10.7 Å². The molecule has 0 aliphatic rings. The third kappa shape index (κ3) is 2.22. The Hall–Kier alpha value is -1.87. The lowest BCUT2D eigenvalue weighted by Gasteiger charge is -2.09. The molecule has 1 aromatic heterocycles. The van der Waals surface area contributed by atoms with Crippen LogP contribution in [0.25, 0.3) is 11.1 Å². The highest BCUT2D eigenvalue weighted by molar-refractivity contribution is 6.33. The summed E-state index contributed by atoms with van der Waals surface area (Å²) in [6.45, 7) is 4.00. The second kappa shape index (κ2) is 4.78. The number of nitrogens with zero attached hydrogens (tertiary/aromatic N) is 1. The number of hydrogen-bond donors (Lipinski definition) is 1. The number of aromatic nitrogens is 1. The van der Waals surface area contributed by atoms with E-state index in [2.05, 4.69) is 4.98 Å². The minimum absolute atomic E-state index is 0.0122. The zero-order chi connectivity index (χ0) is 13.3. The summed E-state index contributed by atoms with van der Waals surface area (Å²) in [7, 11) is 0. The van der Waals surface area contributed by atoms with Gasteiger partial charge >= 0.3 is 5.97 Å². The average molecular weight is 262 g/mol. The maximum atomic E-state index is 11.2. The number of aromatic carboxylic acids is 1. The van der Waals surface area contributed by atoms with E-state index in [1.165, 1.54) is 6.20 Å². The van der Waals surface area contributed by atoms with Crippen molar-refractivity contribution in [3.63, 3.8) is 0 Å². The van der Waals surface area contributed by atoms with Crippen LogP contribution in [0.4, 0.5) is 0 Å². The zero-order valence-electron chi connectivity index (χ0n) is 10.1. The molecule has 0 aliphatic carbocycles. The van der Waals surface area contributed by atoms with E-state index >= 15 is 0 Å². The van der Waals surface area contributed by atoms with Crippen LogP contribution in [0.5, 0.6) is 0 Å². The summed E-state index contributed by atoms with van der Waals surface area (Å²) in [5.41, 5.74) is 3.74. The lowest BCUT2D eigenvalue weighted by molar-refractivity contribution is 0.0697. The van der Waals surface area contributed by atoms with E-state index in [9.17, 15) is 9.90 Å². The molecular weight excluding hydrogens is 250 g/mol. The fraction of sp³-hybridized carbons (Fsp3) is 0.143. The highest BCUT2D eigenvalue weighted by Gasteiger charge is 2.16. The van der Waals surface area contributed by atoms with E-state index in [0.29, 0.717) is 5.56 Å². The van der Waals surface area contributed by atoms with Gasteiger partial charge in [-0.3, -0.25) is 0 Å². The van der Waals surface area contributed by atoms with E-state index in [4.69, 9.17) is 11.6 Å². The van der Waals surface area contributed by atoms with Crippen molar-refractivity contribution >= 4 is 17.6 Å². The Bertz CT molecular complexity index is 623. The van der Waals surface area contributed by atoms with Gasteiger partial charge in [-0.15, -0.1) is 0 Å². The molecule has 0 amide bonds. The number of carbonyl (C=O) groups is 1. The first-order valence-corrected chi connectivity index (χ1v) is 5.84. The Morgan fingerprint density at radius 3 is 2.56 bits per heavy atom. The molecule has 2 aromatic rings. The topological polar surface area (TPSA) is 50.2 Å². The molecule has 0 unspecified atom stereocenters. The van der Waals surface area contributed by atoms with Crippen LogP contribution in [-0.2, 0) is 0 Å². The summed E-state index contributed by atoms with van der Waals surface area (Å²) in [6, 6.07) is 7.47. The van der Waals surface area contributed by atoms with Crippen molar-refractivity contribution < 1.29 is 9.90 Å². The van der Waals surface area contributed by atoms with E-state index < -0.39 is 5.97 Å². The first kappa shape index (κ1) is 12.6. The number of carboxylic acid groups (broad SMARTS) is 1. The summed E-state index contributed by atoms with van der Waals surface area (Å²) in [5, 5.41) is 9.22. The molecule has 0 saturated heterocycles. The van der Waals surface area contributed by atoms with Crippen molar-refractivity contribution in [2.24, 2.45) is 0 Å². The SMILES string of the molecule is Cc1ccc(-c2ccnc(Cl)c2C(=O)O)cc1C. The quantitative estimate of drug-likeness (QED) is 0.839. The molecule has 0 bridgehead atoms. The van der Waals surface area contributed by atoms with Crippen LogP contribution in [0.2, 0.25) is 5.15 Å². The van der Waals surface area contributed by atoms with Gasteiger partial charge in [-0.1, -0.05) is 29.8 Å². The Labute approximate surface area is 110 Å². The lowest BCUT2D eigenvalue weighted by atomic mass is 9.98. The van der Waals surface area contributed by atoms with Gasteiger partial charge in [-0.2, -0.15) is 0 Å². The molecule has 92 valence electrons. The standard InChI is InChI=1S/C14H12ClNO2/c1-8-3-4-10(7-9(8)2)11-5-6-16-13(15)12(11)14(17)18/h3-7H,1-2H3,(H,17,18). The molecule has 2 rings (SSSR count). The van der Waals surface area contributed by atoms with Crippen LogP contribution < -0.4 is 0 Å². The van der Waals surface area contributed by atoms with E-state index in [1.54, 1.807) is 6.07 Å². The molecule has 0 spiro atoms. The summed E-state index contributed by atoms with van der Waals surface area (Å²) in [4.78, 5) is 15.1. The number of halogens is 1. The molecule has 1 heterocycles. The molecule has 0 saturated carbocycles. The number of rotatable bonds is 2. The predicted octanol–water partition coefficient (Wildman–Crippen LogP) is 3.72. The summed E-state index contributed by atoms with van der Waals surface area (Å²) in [6.07, 6.45) is 1.51. The van der Waals surface area contributed by atoms with Gasteiger partial charge in [-0.25, -0.2) is 9.78 Å². The third-order valence-electron chi connectivity index (χ3n) is 2.94. The van der Waals surface area contributed by atoms with Crippen molar-refractivity contribution in [2.75, 3.05) is 0 Å². The van der Waals surface area contributed by atoms with Crippen LogP contribution in [-0.4, -0.2) is 16.1 Å². The summed E-state index contributed by atoms with van der Waals surface area (Å²) >= 11 is 5.85. The minimum Gasteiger partial charge on any atom is -0.478 e. The summed E-state index contributed by atoms with van der Waals surface area (Å²) < 4.78 is 0. The number of pyridine rings is 1. The number of carboxylic acids is 1. The van der Waals surface area contributed by atoms with Crippen LogP contribution in [0.15, 0.2) is 30.5 Å². The largest absolute Gasteiger partial charge is 0.478 e. The van der Waals surface area contributed by atoms with E-state index in [0.717, 1.165) is 16.7 Å². The molecule has 4 heteroatoms. The third-order valence-corrected chi connectivity index (χ3v) is 3.22. The minimum atomic E-state index is -1.07. The Morgan fingerprint density at radius 2 is 1.94 bits per heavy atom. The highest BCUT2D eigenvalue weighted by atomic mass is 35.5. The number of benzene rings is 1. The van der Waals surface area contributed by atoms with Gasteiger partial charge in [0.25, 0.3) is 0 Å². The monoisotopic (exact) mass is 261 g/mol. The predicted molar refractivity (Wildman–Crippen MR) is 71.1 cm³/mol. The zero-order valence-corrected chi connectivity index (χ0v) is 10.8. The first-order valence-electron chi connectivity index (χ1n) is 5.46. The fourth-order valence-corrected chi connectivity index (χ4v) is 2.03. The van der Waals surface area contributed by atoms with Crippen LogP contribution >= 0.6 is 11.6 Å². The molecule has 1 N–H and O–H groups in total. The van der Waals surface area contributed by atoms with E-state index in [-0.39, 0.29) is 10.7 Å². The van der Waals surface area contributed by atoms with Crippen molar-refractivity contribution in [1.29, 1.82) is 0 Å². The molecule has 0 atom stereocenters. The second-order valence-corrected chi connectivity index (χ2v) is 4.49. The molecule has 1 aromatic carbocycles. The molecular formula is C14H12ClNO2. The molecule has 0 radical (unpaired) electrons. The maximum Gasteiger partial charge on any atom is 0.339 e. The van der Waals surface area contributed by atoms with Gasteiger partial charge in [0.15, 0.2) is 0 Å². The van der Waals surface area contributed by atoms with Crippen LogP contribution in [0.1, 0.15) is 21.5 Å². The second-order valence-electron chi connectivity index (χ2n) is 4.13. The van der Waals surface area contributed by atoms with E-state index in [1.807, 2.05) is 32.0 Å². The number of aryl methyl sites for hydroxylation is 2. The smallest absolute Gasteiger partial charge is 0.339 e. The lowest BCUT2D eigenvalue weighted by Crippen LogP contribution is -2.02. The Balaban J connectivity index is 2.67. The first-order chi connectivity index (χ1) is 8.50. The van der Waals surface area contributed by atoms with Gasteiger partial charge in [0, 0.05) is 11.8 Å². The highest BCUT2D eigenvalue weighted by Crippen LogP contribution is 2.28. The van der Waals surface area contributed by atoms with Gasteiger partial charge < -0.3 is 5.11 Å². The molecule has 0 fully saturated rings. The van der Waals surface area contributed by atoms with Crippen molar-refractivity contribution in [3.05, 3.63) is 52.3 Å². The molecule has 0 aliphatic heterocycles. The molecule has 18 heavy (non-hydrogen) atoms. The fourth-order valence-electron chi connectivity index (χ4n) is 1.79. The van der Waals surface area contributed by atoms with Crippen LogP contribution in [0.3, 0.4) is 0 Å². The van der Waals surface area contributed by atoms with Crippen LogP contribution in [0, 0.1) is 13.8 Å². The van der Waals surface area contributed by atoms with Gasteiger partial charge in [0.2, 0.25) is 0 Å². The van der Waals surface area contributed by atoms with Gasteiger partial charge in [-0.05, 0) is 36.6 Å². The molecule has 3 nitrogen and oxygen atoms in total. The summed E-state index contributed by atoms with van der Waals surface area (Å²) in [5.74, 6) is -1.07. The Morgan fingerprint density at radius 1 is 1.22 bits per heavy atom. The van der Waals surface area contributed by atoms with Crippen molar-refractivity contribution in [3.8, 4) is 11.1 Å². The average Bonchev–Trinajstić information content (AvgIpc) is 2.32. The Kier molecular flexibility index (Phi) is 3.34. The number of hydrogen-bond acceptors (Lipinski definition) is 2. The van der Waals surface area contributed by atoms with Crippen molar-refractivity contribution in [2.45, 2.75) is 13.8 Å². The maximum absolute atomic E-state index is 11.2. The normalized spacial score (nSPS) is 10.4. The van der Waals surface area contributed by atoms with Crippen molar-refractivity contribution in [1.82, 2.24) is 4.98 Å². The van der Waals surface area contributed by atoms with Gasteiger partial charge in [0.05, 0.1) is 0 Å².